The van der Waals surface area contributed by atoms with Crippen LogP contribution in [0.5, 0.6) is 0 Å². The van der Waals surface area contributed by atoms with Crippen LogP contribution in [0.2, 0.25) is 0 Å². The topological polar surface area (TPSA) is 87.5 Å². The Labute approximate surface area is 269 Å². The van der Waals surface area contributed by atoms with E-state index in [4.69, 9.17) is 0 Å². The molecule has 0 spiro atoms. The van der Waals surface area contributed by atoms with E-state index in [-0.39, 0.29) is 17.7 Å². The van der Waals surface area contributed by atoms with Gasteiger partial charge in [0.05, 0.1) is 19.5 Å². The Morgan fingerprint density at radius 3 is 2.35 bits per heavy atom. The molecule has 0 saturated carbocycles. The van der Waals surface area contributed by atoms with Gasteiger partial charge >= 0.3 is 0 Å². The van der Waals surface area contributed by atoms with E-state index in [9.17, 15) is 14.4 Å². The Kier molecular flexibility index (Phi) is 9.06. The molecule has 0 unspecified atom stereocenters. The third kappa shape index (κ3) is 6.33. The van der Waals surface area contributed by atoms with Gasteiger partial charge in [0.2, 0.25) is 5.91 Å². The van der Waals surface area contributed by atoms with Gasteiger partial charge in [-0.05, 0) is 78.1 Å². The lowest BCUT2D eigenvalue weighted by Gasteiger charge is -2.23. The van der Waals surface area contributed by atoms with Crippen molar-refractivity contribution in [2.45, 2.75) is 39.9 Å². The Hall–Kier alpha value is -5.50. The second-order valence-corrected chi connectivity index (χ2v) is 11.3. The van der Waals surface area contributed by atoms with Gasteiger partial charge in [0.15, 0.2) is 0 Å². The monoisotopic (exact) mass is 611 g/mol. The van der Waals surface area contributed by atoms with Crippen molar-refractivity contribution < 1.29 is 14.4 Å². The maximum Gasteiger partial charge on any atom is 0.268 e. The number of amides is 3. The molecule has 0 bridgehead atoms. The number of benzene rings is 3. The summed E-state index contributed by atoms with van der Waals surface area (Å²) < 4.78 is 1.99. The standard InChI is InChI=1S/C38H37N5O3/c1-3-41(4-2)36(44)22-30-11-5-7-13-33(30)28-15-17-29(18-16-28)38(46)43-26-32-19-20-35(37(45)40-24-27-10-9-21-39-23-27)42(32)25-31-12-6-8-14-34(31)43/h5-21,23H,3-4,22,24-26H2,1-2H3,(H,40,45). The van der Waals surface area contributed by atoms with Crippen LogP contribution in [-0.2, 0) is 30.8 Å². The second-order valence-electron chi connectivity index (χ2n) is 11.3. The van der Waals surface area contributed by atoms with E-state index in [0.717, 1.165) is 39.2 Å². The highest BCUT2D eigenvalue weighted by atomic mass is 16.2. The third-order valence-corrected chi connectivity index (χ3v) is 8.57. The van der Waals surface area contributed by atoms with Gasteiger partial charge in [-0.3, -0.25) is 19.4 Å². The highest BCUT2D eigenvalue weighted by Gasteiger charge is 2.27. The summed E-state index contributed by atoms with van der Waals surface area (Å²) in [6.45, 7) is 6.51. The van der Waals surface area contributed by atoms with Gasteiger partial charge in [0.25, 0.3) is 11.8 Å². The van der Waals surface area contributed by atoms with Gasteiger partial charge < -0.3 is 19.7 Å². The van der Waals surface area contributed by atoms with Crippen molar-refractivity contribution in [3.8, 4) is 11.1 Å². The van der Waals surface area contributed by atoms with E-state index in [1.165, 1.54) is 0 Å². The zero-order valence-corrected chi connectivity index (χ0v) is 26.1. The van der Waals surface area contributed by atoms with E-state index in [0.29, 0.717) is 50.4 Å². The molecule has 0 fully saturated rings. The van der Waals surface area contributed by atoms with E-state index in [1.54, 1.807) is 17.3 Å². The average Bonchev–Trinajstić information content (AvgIpc) is 3.41. The molecule has 232 valence electrons. The van der Waals surface area contributed by atoms with Crippen molar-refractivity contribution >= 4 is 23.4 Å². The van der Waals surface area contributed by atoms with Crippen LogP contribution in [0.25, 0.3) is 11.1 Å². The second kappa shape index (κ2) is 13.6. The molecule has 2 aromatic heterocycles. The molecular formula is C38H37N5O3. The first-order valence-electron chi connectivity index (χ1n) is 15.7. The molecule has 1 aliphatic rings. The average molecular weight is 612 g/mol. The minimum Gasteiger partial charge on any atom is -0.347 e. The molecular weight excluding hydrogens is 574 g/mol. The minimum atomic E-state index is -0.179. The van der Waals surface area contributed by atoms with E-state index in [1.807, 2.05) is 120 Å². The number of pyridine rings is 1. The molecule has 1 aliphatic heterocycles. The lowest BCUT2D eigenvalue weighted by atomic mass is 9.96. The lowest BCUT2D eigenvalue weighted by Crippen LogP contribution is -2.31. The fourth-order valence-corrected chi connectivity index (χ4v) is 6.07. The molecule has 6 rings (SSSR count). The Bertz CT molecular complexity index is 1860. The summed E-state index contributed by atoms with van der Waals surface area (Å²) in [6, 6.07) is 30.9. The summed E-state index contributed by atoms with van der Waals surface area (Å²) in [6.07, 6.45) is 3.76. The SMILES string of the molecule is CCN(CC)C(=O)Cc1ccccc1-c1ccc(C(=O)N2Cc3ccc(C(=O)NCc4cccnc4)n3Cc3ccccc32)cc1. The molecule has 0 radical (unpaired) electrons. The number of hydrogen-bond donors (Lipinski definition) is 1. The number of carbonyl (C=O) groups is 3. The molecule has 0 aliphatic carbocycles. The molecule has 0 saturated heterocycles. The van der Waals surface area contributed by atoms with Crippen molar-refractivity contribution in [2.75, 3.05) is 18.0 Å². The molecule has 3 heterocycles. The van der Waals surface area contributed by atoms with Crippen molar-refractivity contribution in [1.29, 1.82) is 0 Å². The number of likely N-dealkylation sites (N-methyl/N-ethyl adjacent to an activating group) is 1. The van der Waals surface area contributed by atoms with Gasteiger partial charge in [0, 0.05) is 49.0 Å². The third-order valence-electron chi connectivity index (χ3n) is 8.57. The Morgan fingerprint density at radius 2 is 1.59 bits per heavy atom. The number of nitrogens with zero attached hydrogens (tertiary/aromatic N) is 4. The van der Waals surface area contributed by atoms with Crippen LogP contribution in [0.15, 0.2) is 109 Å². The maximum absolute atomic E-state index is 14.1. The molecule has 5 aromatic rings. The summed E-state index contributed by atoms with van der Waals surface area (Å²) in [7, 11) is 0. The summed E-state index contributed by atoms with van der Waals surface area (Å²) in [5.41, 5.74) is 7.57. The number of anilines is 1. The van der Waals surface area contributed by atoms with Crippen molar-refractivity contribution in [1.82, 2.24) is 19.8 Å². The van der Waals surface area contributed by atoms with Crippen LogP contribution in [0.4, 0.5) is 5.69 Å². The summed E-state index contributed by atoms with van der Waals surface area (Å²) in [5, 5.41) is 3.00. The largest absolute Gasteiger partial charge is 0.347 e. The van der Waals surface area contributed by atoms with Crippen molar-refractivity contribution in [2.24, 2.45) is 0 Å². The lowest BCUT2D eigenvalue weighted by molar-refractivity contribution is -0.130. The quantitative estimate of drug-likeness (QED) is 0.218. The maximum atomic E-state index is 14.1. The first kappa shape index (κ1) is 30.5. The van der Waals surface area contributed by atoms with Crippen LogP contribution in [-0.4, -0.2) is 45.3 Å². The van der Waals surface area contributed by atoms with E-state index in [2.05, 4.69) is 10.3 Å². The van der Waals surface area contributed by atoms with Crippen LogP contribution in [0.1, 0.15) is 57.1 Å². The highest BCUT2D eigenvalue weighted by molar-refractivity contribution is 6.07. The number of para-hydroxylation sites is 1. The first-order valence-corrected chi connectivity index (χ1v) is 15.7. The van der Waals surface area contributed by atoms with E-state index >= 15 is 0 Å². The molecule has 1 N–H and O–H groups in total. The molecule has 0 atom stereocenters. The Morgan fingerprint density at radius 1 is 0.826 bits per heavy atom. The van der Waals surface area contributed by atoms with Crippen LogP contribution in [0, 0.1) is 0 Å². The summed E-state index contributed by atoms with van der Waals surface area (Å²) >= 11 is 0. The molecule has 8 heteroatoms. The number of nitrogens with one attached hydrogen (secondary N) is 1. The van der Waals surface area contributed by atoms with Crippen LogP contribution >= 0.6 is 0 Å². The molecule has 3 aromatic carbocycles. The van der Waals surface area contributed by atoms with Gasteiger partial charge in [-0.25, -0.2) is 0 Å². The number of aromatic nitrogens is 2. The fraction of sp³-hybridized carbons (Fsp3) is 0.211. The molecule has 8 nitrogen and oxygen atoms in total. The van der Waals surface area contributed by atoms with Gasteiger partial charge in [-0.1, -0.05) is 60.7 Å². The number of hydrogen-bond acceptors (Lipinski definition) is 4. The summed E-state index contributed by atoms with van der Waals surface area (Å²) in [5.74, 6) is -0.203. The van der Waals surface area contributed by atoms with Crippen molar-refractivity contribution in [3.63, 3.8) is 0 Å². The van der Waals surface area contributed by atoms with Crippen molar-refractivity contribution in [3.05, 3.63) is 143 Å². The number of fused-ring (bicyclic) bond motifs is 2. The summed E-state index contributed by atoms with van der Waals surface area (Å²) in [4.78, 5) is 48.0. The van der Waals surface area contributed by atoms with E-state index < -0.39 is 0 Å². The molecule has 3 amide bonds. The number of rotatable bonds is 9. The molecule has 46 heavy (non-hydrogen) atoms. The fourth-order valence-electron chi connectivity index (χ4n) is 6.07. The van der Waals surface area contributed by atoms with Gasteiger partial charge in [-0.15, -0.1) is 0 Å². The predicted molar refractivity (Wildman–Crippen MR) is 179 cm³/mol. The van der Waals surface area contributed by atoms with Crippen LogP contribution in [0.3, 0.4) is 0 Å². The highest BCUT2D eigenvalue weighted by Crippen LogP contribution is 2.31. The first-order chi connectivity index (χ1) is 22.5. The van der Waals surface area contributed by atoms with Gasteiger partial charge in [0.1, 0.15) is 5.69 Å². The smallest absolute Gasteiger partial charge is 0.268 e. The normalized spacial score (nSPS) is 12.1. The van der Waals surface area contributed by atoms with Gasteiger partial charge in [-0.2, -0.15) is 0 Å². The van der Waals surface area contributed by atoms with Crippen LogP contribution < -0.4 is 10.2 Å². The predicted octanol–water partition coefficient (Wildman–Crippen LogP) is 6.10. The number of carbonyl (C=O) groups excluding carboxylic acids is 3. The zero-order valence-electron chi connectivity index (χ0n) is 26.1. The zero-order chi connectivity index (χ0) is 32.0. The minimum absolute atomic E-state index is 0.1000. The Balaban J connectivity index is 1.24.